The van der Waals surface area contributed by atoms with E-state index in [4.69, 9.17) is 25.6 Å². The van der Waals surface area contributed by atoms with E-state index in [0.717, 1.165) is 82.7 Å². The van der Waals surface area contributed by atoms with E-state index in [1.54, 1.807) is 6.07 Å². The number of hydrogen-bond donors (Lipinski definition) is 0. The number of carbonyl (C=O) groups excluding carboxylic acids is 1. The minimum atomic E-state index is 0.319. The zero-order valence-electron chi connectivity index (χ0n) is 19.3. The fourth-order valence-electron chi connectivity index (χ4n) is 4.67. The third kappa shape index (κ3) is 4.21. The molecule has 0 bridgehead atoms. The van der Waals surface area contributed by atoms with Crippen molar-refractivity contribution in [1.29, 1.82) is 0 Å². The van der Waals surface area contributed by atoms with Crippen LogP contribution in [0.3, 0.4) is 0 Å². The molecule has 1 aromatic heterocycles. The van der Waals surface area contributed by atoms with Gasteiger partial charge in [-0.25, -0.2) is 0 Å². The van der Waals surface area contributed by atoms with E-state index in [2.05, 4.69) is 5.16 Å². The van der Waals surface area contributed by atoms with E-state index >= 15 is 0 Å². The highest BCUT2D eigenvalue weighted by Crippen LogP contribution is 2.45. The summed E-state index contributed by atoms with van der Waals surface area (Å²) >= 11 is 6.55. The minimum absolute atomic E-state index is 0.319. The van der Waals surface area contributed by atoms with Gasteiger partial charge in [0.15, 0.2) is 0 Å². The number of carbonyl (C=O) groups is 1. The summed E-state index contributed by atoms with van der Waals surface area (Å²) in [4.78, 5) is 11.2. The lowest BCUT2D eigenvalue weighted by molar-refractivity contribution is 0.112. The molecule has 1 aliphatic heterocycles. The van der Waals surface area contributed by atoms with Crippen molar-refractivity contribution in [2.24, 2.45) is 0 Å². The van der Waals surface area contributed by atoms with E-state index in [-0.39, 0.29) is 0 Å². The average molecular weight is 486 g/mol. The number of ether oxygens (including phenoxy) is 2. The second-order valence-corrected chi connectivity index (χ2v) is 9.63. The molecule has 35 heavy (non-hydrogen) atoms. The van der Waals surface area contributed by atoms with Crippen molar-refractivity contribution >= 4 is 17.9 Å². The Balaban J connectivity index is 1.30. The van der Waals surface area contributed by atoms with Crippen LogP contribution < -0.4 is 9.47 Å². The standard InChI is InChI=1S/C29H24ClNO4/c1-17-3-2-4-24(30)27(17)28-23(29(35-31-28)21-9-10-21)16-33-22-12-11-20-8-7-19-6-5-18(15-32)13-25(19)34-26(20)14-22/h2-6,11-15,21H,7-10,16H2,1H3. The first kappa shape index (κ1) is 21.9. The van der Waals surface area contributed by atoms with E-state index < -0.39 is 0 Å². The predicted molar refractivity (Wildman–Crippen MR) is 134 cm³/mol. The maximum absolute atomic E-state index is 11.2. The van der Waals surface area contributed by atoms with Crippen LogP contribution in [0.25, 0.3) is 11.3 Å². The maximum Gasteiger partial charge on any atom is 0.150 e. The van der Waals surface area contributed by atoms with Gasteiger partial charge < -0.3 is 14.0 Å². The lowest BCUT2D eigenvalue weighted by atomic mass is 10.0. The molecule has 176 valence electrons. The van der Waals surface area contributed by atoms with E-state index in [0.29, 0.717) is 28.9 Å². The van der Waals surface area contributed by atoms with E-state index in [1.165, 1.54) is 0 Å². The summed E-state index contributed by atoms with van der Waals surface area (Å²) in [5, 5.41) is 5.06. The normalized spacial score (nSPS) is 14.5. The first-order valence-corrected chi connectivity index (χ1v) is 12.2. The molecular formula is C29H24ClNO4. The third-order valence-electron chi connectivity index (χ3n) is 6.76. The number of fused-ring (bicyclic) bond motifs is 2. The van der Waals surface area contributed by atoms with Gasteiger partial charge in [-0.2, -0.15) is 0 Å². The molecule has 1 aliphatic carbocycles. The van der Waals surface area contributed by atoms with Crippen molar-refractivity contribution in [2.75, 3.05) is 0 Å². The monoisotopic (exact) mass is 485 g/mol. The first-order chi connectivity index (χ1) is 17.1. The highest BCUT2D eigenvalue weighted by molar-refractivity contribution is 6.33. The molecule has 2 aliphatic rings. The van der Waals surface area contributed by atoms with Crippen molar-refractivity contribution in [3.63, 3.8) is 0 Å². The fourth-order valence-corrected chi connectivity index (χ4v) is 4.98. The number of benzene rings is 3. The van der Waals surface area contributed by atoms with Crippen LogP contribution in [0.15, 0.2) is 59.1 Å². The predicted octanol–water partition coefficient (Wildman–Crippen LogP) is 7.46. The molecule has 0 radical (unpaired) electrons. The Morgan fingerprint density at radius 3 is 2.57 bits per heavy atom. The molecule has 0 atom stereocenters. The number of aromatic nitrogens is 1. The summed E-state index contributed by atoms with van der Waals surface area (Å²) in [6, 6.07) is 17.4. The second kappa shape index (κ2) is 8.90. The van der Waals surface area contributed by atoms with Crippen LogP contribution in [0, 0.1) is 6.92 Å². The van der Waals surface area contributed by atoms with Crippen LogP contribution in [0.1, 0.15) is 57.1 Å². The Hall–Kier alpha value is -3.57. The van der Waals surface area contributed by atoms with Crippen molar-refractivity contribution in [2.45, 2.75) is 45.1 Å². The summed E-state index contributed by atoms with van der Waals surface area (Å²) in [5.41, 5.74) is 6.42. The Kier molecular flexibility index (Phi) is 5.57. The molecule has 4 aromatic rings. The molecule has 0 amide bonds. The van der Waals surface area contributed by atoms with Gasteiger partial charge in [-0.05, 0) is 67.5 Å². The van der Waals surface area contributed by atoms with Crippen molar-refractivity contribution < 1.29 is 18.8 Å². The van der Waals surface area contributed by atoms with Gasteiger partial charge in [0.2, 0.25) is 0 Å². The number of aldehydes is 1. The zero-order valence-corrected chi connectivity index (χ0v) is 20.1. The van der Waals surface area contributed by atoms with Crippen molar-refractivity contribution in [3.8, 4) is 28.5 Å². The highest BCUT2D eigenvalue weighted by Gasteiger charge is 2.33. The van der Waals surface area contributed by atoms with Crippen LogP contribution in [0.4, 0.5) is 0 Å². The molecule has 6 heteroatoms. The van der Waals surface area contributed by atoms with Gasteiger partial charge in [0.05, 0.1) is 10.6 Å². The summed E-state index contributed by atoms with van der Waals surface area (Å²) in [6.45, 7) is 2.34. The number of rotatable bonds is 6. The Labute approximate surface area is 208 Å². The lowest BCUT2D eigenvalue weighted by Gasteiger charge is -2.13. The topological polar surface area (TPSA) is 61.6 Å². The molecule has 0 saturated heterocycles. The van der Waals surface area contributed by atoms with Crippen molar-refractivity contribution in [3.05, 3.63) is 93.2 Å². The Morgan fingerprint density at radius 1 is 1.06 bits per heavy atom. The molecule has 1 saturated carbocycles. The minimum Gasteiger partial charge on any atom is -0.489 e. The molecule has 0 N–H and O–H groups in total. The van der Waals surface area contributed by atoms with Crippen molar-refractivity contribution in [1.82, 2.24) is 5.16 Å². The van der Waals surface area contributed by atoms with Gasteiger partial charge in [0.1, 0.15) is 41.6 Å². The van der Waals surface area contributed by atoms with Gasteiger partial charge in [0, 0.05) is 23.1 Å². The number of nitrogens with zero attached hydrogens (tertiary/aromatic N) is 1. The van der Waals surface area contributed by atoms with Gasteiger partial charge in [-0.1, -0.05) is 47.1 Å². The van der Waals surface area contributed by atoms with Gasteiger partial charge in [-0.3, -0.25) is 4.79 Å². The van der Waals surface area contributed by atoms with Gasteiger partial charge in [-0.15, -0.1) is 0 Å². The largest absolute Gasteiger partial charge is 0.489 e. The highest BCUT2D eigenvalue weighted by atomic mass is 35.5. The van der Waals surface area contributed by atoms with Gasteiger partial charge in [0.25, 0.3) is 0 Å². The molecule has 0 spiro atoms. The first-order valence-electron chi connectivity index (χ1n) is 11.9. The average Bonchev–Trinajstić information content (AvgIpc) is 3.65. The maximum atomic E-state index is 11.2. The van der Waals surface area contributed by atoms with Gasteiger partial charge >= 0.3 is 0 Å². The van der Waals surface area contributed by atoms with Crippen LogP contribution in [0.5, 0.6) is 17.2 Å². The molecular weight excluding hydrogens is 462 g/mol. The number of halogens is 1. The zero-order chi connectivity index (χ0) is 23.9. The molecule has 2 heterocycles. The summed E-state index contributed by atoms with van der Waals surface area (Å²) in [5.74, 6) is 3.44. The van der Waals surface area contributed by atoms with E-state index in [1.807, 2.05) is 55.5 Å². The molecule has 5 nitrogen and oxygen atoms in total. The SMILES string of the molecule is Cc1cccc(Cl)c1-c1noc(C2CC2)c1COc1ccc2c(c1)Oc1cc(C=O)ccc1CC2. The smallest absolute Gasteiger partial charge is 0.150 e. The third-order valence-corrected chi connectivity index (χ3v) is 7.07. The number of hydrogen-bond acceptors (Lipinski definition) is 5. The Bertz CT molecular complexity index is 1420. The second-order valence-electron chi connectivity index (χ2n) is 9.23. The molecule has 6 rings (SSSR count). The molecule has 1 fully saturated rings. The number of aryl methyl sites for hydroxylation is 3. The summed E-state index contributed by atoms with van der Waals surface area (Å²) in [7, 11) is 0. The lowest BCUT2D eigenvalue weighted by Crippen LogP contribution is -2.01. The quantitative estimate of drug-likeness (QED) is 0.265. The summed E-state index contributed by atoms with van der Waals surface area (Å²) in [6.07, 6.45) is 4.74. The van der Waals surface area contributed by atoms with Crippen LogP contribution >= 0.6 is 11.6 Å². The van der Waals surface area contributed by atoms with Crippen LogP contribution in [-0.4, -0.2) is 11.4 Å². The summed E-state index contributed by atoms with van der Waals surface area (Å²) < 4.78 is 18.3. The van der Waals surface area contributed by atoms with Crippen LogP contribution in [0.2, 0.25) is 5.02 Å². The fraction of sp³-hybridized carbons (Fsp3) is 0.241. The Morgan fingerprint density at radius 2 is 1.83 bits per heavy atom. The molecule has 3 aromatic carbocycles. The van der Waals surface area contributed by atoms with E-state index in [9.17, 15) is 4.79 Å². The molecule has 0 unspecified atom stereocenters. The van der Waals surface area contributed by atoms with Crippen LogP contribution in [-0.2, 0) is 19.4 Å².